The molecule has 3 rings (SSSR count). The van der Waals surface area contributed by atoms with Crippen molar-refractivity contribution in [2.45, 2.75) is 6.92 Å². The summed E-state index contributed by atoms with van der Waals surface area (Å²) < 4.78 is 13.0. The Kier molecular flexibility index (Phi) is 5.41. The Morgan fingerprint density at radius 3 is 2.41 bits per heavy atom. The molecule has 0 aliphatic rings. The minimum atomic E-state index is -0.321. The maximum atomic E-state index is 13.0. The van der Waals surface area contributed by atoms with Gasteiger partial charge in [-0.25, -0.2) is 4.39 Å². The topological polar surface area (TPSA) is 77.9 Å². The summed E-state index contributed by atoms with van der Waals surface area (Å²) in [6, 6.07) is 15.8. The first kappa shape index (κ1) is 18.5. The highest BCUT2D eigenvalue weighted by molar-refractivity contribution is 6.35. The number of carbonyl (C=O) groups excluding carboxylic acids is 1. The van der Waals surface area contributed by atoms with Gasteiger partial charge in [-0.15, -0.1) is 0 Å². The van der Waals surface area contributed by atoms with Gasteiger partial charge in [-0.2, -0.15) is 0 Å². The van der Waals surface area contributed by atoms with E-state index in [9.17, 15) is 9.18 Å². The third-order valence-corrected chi connectivity index (χ3v) is 4.29. The third kappa shape index (κ3) is 4.26. The first-order valence-corrected chi connectivity index (χ1v) is 8.38. The maximum Gasteiger partial charge on any atom is 0.194 e. The van der Waals surface area contributed by atoms with E-state index in [2.05, 4.69) is 15.3 Å². The van der Waals surface area contributed by atoms with Gasteiger partial charge in [0.1, 0.15) is 5.82 Å². The molecule has 0 bridgehead atoms. The van der Waals surface area contributed by atoms with Gasteiger partial charge in [-0.3, -0.25) is 4.79 Å². The third-order valence-electron chi connectivity index (χ3n) is 3.97. The molecule has 0 radical (unpaired) electrons. The van der Waals surface area contributed by atoms with Gasteiger partial charge in [0.05, 0.1) is 5.02 Å². The van der Waals surface area contributed by atoms with E-state index in [4.69, 9.17) is 17.1 Å². The van der Waals surface area contributed by atoms with Crippen LogP contribution in [0.4, 0.5) is 21.5 Å². The fourth-order valence-electron chi connectivity index (χ4n) is 2.59. The number of hydrogen-bond acceptors (Lipinski definition) is 3. The molecular weight excluding hydrogens is 367 g/mol. The average molecular weight is 381 g/mol. The molecule has 27 heavy (non-hydrogen) atoms. The number of anilines is 2. The zero-order valence-corrected chi connectivity index (χ0v) is 15.0. The highest BCUT2D eigenvalue weighted by Crippen LogP contribution is 2.28. The van der Waals surface area contributed by atoms with Crippen molar-refractivity contribution in [1.82, 2.24) is 0 Å². The molecule has 0 atom stereocenters. The molecule has 3 aromatic rings. The number of nitrogens with one attached hydrogen (secondary N) is 1. The van der Waals surface area contributed by atoms with E-state index in [0.717, 1.165) is 5.56 Å². The lowest BCUT2D eigenvalue weighted by Gasteiger charge is -2.11. The molecule has 0 heterocycles. The van der Waals surface area contributed by atoms with Crippen LogP contribution < -0.4 is 5.32 Å². The summed E-state index contributed by atoms with van der Waals surface area (Å²) in [5.74, 6) is -0.585. The Labute approximate surface area is 160 Å². The van der Waals surface area contributed by atoms with Crippen molar-refractivity contribution >= 4 is 34.4 Å². The van der Waals surface area contributed by atoms with Gasteiger partial charge in [0.15, 0.2) is 5.78 Å². The number of hydrogen-bond donors (Lipinski definition) is 1. The SMILES string of the molecule is Cc1ccc(N=[N+]=[N-])cc1C(=O)c1ccc(Nc2ccc(F)cc2)cc1Cl. The van der Waals surface area contributed by atoms with Gasteiger partial charge in [-0.05, 0) is 66.5 Å². The van der Waals surface area contributed by atoms with E-state index in [1.165, 1.54) is 12.1 Å². The molecule has 3 aromatic carbocycles. The van der Waals surface area contributed by atoms with E-state index >= 15 is 0 Å². The fourth-order valence-corrected chi connectivity index (χ4v) is 2.86. The second-order valence-corrected chi connectivity index (χ2v) is 6.25. The van der Waals surface area contributed by atoms with E-state index in [0.29, 0.717) is 28.2 Å². The molecule has 5 nitrogen and oxygen atoms in total. The van der Waals surface area contributed by atoms with Crippen LogP contribution in [-0.2, 0) is 0 Å². The minimum absolute atomic E-state index is 0.263. The molecule has 134 valence electrons. The maximum absolute atomic E-state index is 13.0. The normalized spacial score (nSPS) is 10.2. The number of rotatable bonds is 5. The molecule has 0 saturated heterocycles. The summed E-state index contributed by atoms with van der Waals surface area (Å²) in [5.41, 5.74) is 11.8. The summed E-state index contributed by atoms with van der Waals surface area (Å²) in [4.78, 5) is 15.6. The predicted molar refractivity (Wildman–Crippen MR) is 105 cm³/mol. The summed E-state index contributed by atoms with van der Waals surface area (Å²) >= 11 is 6.32. The van der Waals surface area contributed by atoms with Crippen molar-refractivity contribution in [3.8, 4) is 0 Å². The number of azide groups is 1. The summed E-state index contributed by atoms with van der Waals surface area (Å²) in [7, 11) is 0. The summed E-state index contributed by atoms with van der Waals surface area (Å²) in [6.45, 7) is 1.80. The van der Waals surface area contributed by atoms with Crippen LogP contribution in [0.25, 0.3) is 10.4 Å². The van der Waals surface area contributed by atoms with Crippen LogP contribution in [-0.4, -0.2) is 5.78 Å². The van der Waals surface area contributed by atoms with Crippen LogP contribution in [0.3, 0.4) is 0 Å². The minimum Gasteiger partial charge on any atom is -0.355 e. The first-order chi connectivity index (χ1) is 13.0. The second-order valence-electron chi connectivity index (χ2n) is 5.84. The zero-order valence-electron chi connectivity index (χ0n) is 14.3. The van der Waals surface area contributed by atoms with Crippen molar-refractivity contribution < 1.29 is 9.18 Å². The van der Waals surface area contributed by atoms with Crippen LogP contribution in [0, 0.1) is 12.7 Å². The van der Waals surface area contributed by atoms with Crippen molar-refractivity contribution in [2.75, 3.05) is 5.32 Å². The van der Waals surface area contributed by atoms with Gasteiger partial charge in [0.25, 0.3) is 0 Å². The number of benzene rings is 3. The molecule has 0 unspecified atom stereocenters. The molecule has 0 spiro atoms. The lowest BCUT2D eigenvalue weighted by atomic mass is 9.98. The van der Waals surface area contributed by atoms with E-state index in [1.807, 2.05) is 0 Å². The molecule has 0 aliphatic heterocycles. The summed E-state index contributed by atoms with van der Waals surface area (Å²) in [6.07, 6.45) is 0. The highest BCUT2D eigenvalue weighted by Gasteiger charge is 2.16. The van der Waals surface area contributed by atoms with Gasteiger partial charge in [0.2, 0.25) is 0 Å². The van der Waals surface area contributed by atoms with Crippen LogP contribution >= 0.6 is 11.6 Å². The predicted octanol–water partition coefficient (Wildman–Crippen LogP) is 6.70. The number of aryl methyl sites for hydroxylation is 1. The average Bonchev–Trinajstić information content (AvgIpc) is 2.65. The molecule has 0 fully saturated rings. The van der Waals surface area contributed by atoms with Gasteiger partial charge >= 0.3 is 0 Å². The van der Waals surface area contributed by atoms with Gasteiger partial charge in [0, 0.05) is 33.1 Å². The monoisotopic (exact) mass is 380 g/mol. The van der Waals surface area contributed by atoms with E-state index in [1.54, 1.807) is 55.5 Å². The zero-order chi connectivity index (χ0) is 19.4. The van der Waals surface area contributed by atoms with Crippen molar-refractivity contribution in [3.05, 3.63) is 98.6 Å². The Bertz CT molecular complexity index is 1060. The van der Waals surface area contributed by atoms with Crippen molar-refractivity contribution in [2.24, 2.45) is 5.11 Å². The molecule has 0 aromatic heterocycles. The lowest BCUT2D eigenvalue weighted by molar-refractivity contribution is 0.103. The molecular formula is C20H14ClFN4O. The number of nitrogens with zero attached hydrogens (tertiary/aromatic N) is 3. The molecule has 1 N–H and O–H groups in total. The van der Waals surface area contributed by atoms with Gasteiger partial charge < -0.3 is 5.32 Å². The smallest absolute Gasteiger partial charge is 0.194 e. The standard InChI is InChI=1S/C20H14ClFN4O/c1-12-2-5-16(25-26-23)10-18(12)20(27)17-9-8-15(11-19(17)21)24-14-6-3-13(22)4-7-14/h2-11,24H,1H3. The molecule has 0 aliphatic carbocycles. The number of halogens is 2. The summed E-state index contributed by atoms with van der Waals surface area (Å²) in [5, 5.41) is 6.91. The van der Waals surface area contributed by atoms with Crippen LogP contribution in [0.2, 0.25) is 5.02 Å². The van der Waals surface area contributed by atoms with Gasteiger partial charge in [-0.1, -0.05) is 28.8 Å². The molecule has 7 heteroatoms. The Morgan fingerprint density at radius 1 is 1.04 bits per heavy atom. The van der Waals surface area contributed by atoms with E-state index < -0.39 is 0 Å². The van der Waals surface area contributed by atoms with Crippen LogP contribution in [0.1, 0.15) is 21.5 Å². The molecule has 0 amide bonds. The number of ketones is 1. The number of carbonyl (C=O) groups is 1. The first-order valence-electron chi connectivity index (χ1n) is 8.00. The molecule has 0 saturated carbocycles. The van der Waals surface area contributed by atoms with E-state index in [-0.39, 0.29) is 16.6 Å². The second kappa shape index (κ2) is 7.91. The van der Waals surface area contributed by atoms with Crippen molar-refractivity contribution in [1.29, 1.82) is 0 Å². The fraction of sp³-hybridized carbons (Fsp3) is 0.0500. The Hall–Kier alpha value is -3.34. The highest BCUT2D eigenvalue weighted by atomic mass is 35.5. The Morgan fingerprint density at radius 2 is 1.74 bits per heavy atom. The van der Waals surface area contributed by atoms with Crippen molar-refractivity contribution in [3.63, 3.8) is 0 Å². The van der Waals surface area contributed by atoms with Crippen LogP contribution in [0.5, 0.6) is 0 Å². The van der Waals surface area contributed by atoms with Crippen LogP contribution in [0.15, 0.2) is 65.8 Å². The lowest BCUT2D eigenvalue weighted by Crippen LogP contribution is -2.05. The quantitative estimate of drug-likeness (QED) is 0.231. The Balaban J connectivity index is 1.89. The largest absolute Gasteiger partial charge is 0.355 e.